The summed E-state index contributed by atoms with van der Waals surface area (Å²) in [6.07, 6.45) is -4.29. The molecule has 0 aliphatic rings. The normalized spacial score (nSPS) is 11.4. The highest BCUT2D eigenvalue weighted by Gasteiger charge is 2.26. The summed E-state index contributed by atoms with van der Waals surface area (Å²) >= 11 is 0. The van der Waals surface area contributed by atoms with Gasteiger partial charge in [0.2, 0.25) is 0 Å². The second-order valence-electron chi connectivity index (χ2n) is 2.69. The van der Waals surface area contributed by atoms with Crippen molar-refractivity contribution in [3.8, 4) is 0 Å². The molecule has 0 aromatic carbocycles. The zero-order valence-electron chi connectivity index (χ0n) is 7.49. The fourth-order valence-corrected chi connectivity index (χ4v) is 0.735. The Bertz CT molecular complexity index is 154. The van der Waals surface area contributed by atoms with Gasteiger partial charge in [0.05, 0.1) is 6.61 Å². The molecule has 5 heteroatoms. The van der Waals surface area contributed by atoms with Crippen molar-refractivity contribution in [1.29, 1.82) is 0 Å². The third kappa shape index (κ3) is 9.17. The fourth-order valence-electron chi connectivity index (χ4n) is 0.735. The largest absolute Gasteiger partial charge is 0.466 e. The summed E-state index contributed by atoms with van der Waals surface area (Å²) in [6.45, 7) is 1.66. The number of rotatable bonds is 5. The highest BCUT2D eigenvalue weighted by Crippen LogP contribution is 2.20. The zero-order chi connectivity index (χ0) is 10.3. The van der Waals surface area contributed by atoms with E-state index in [0.29, 0.717) is 6.42 Å². The van der Waals surface area contributed by atoms with Gasteiger partial charge in [-0.2, -0.15) is 13.2 Å². The molecule has 0 bridgehead atoms. The maximum absolute atomic E-state index is 11.6. The SMILES string of the molecule is CCCC(=O)OCCCC(F)(F)F. The first-order valence-electron chi connectivity index (χ1n) is 4.18. The maximum Gasteiger partial charge on any atom is 0.389 e. The molecule has 0 radical (unpaired) electrons. The van der Waals surface area contributed by atoms with E-state index in [4.69, 9.17) is 0 Å². The van der Waals surface area contributed by atoms with Crippen molar-refractivity contribution in [2.45, 2.75) is 38.8 Å². The molecule has 0 heterocycles. The lowest BCUT2D eigenvalue weighted by Gasteiger charge is -2.06. The maximum atomic E-state index is 11.6. The van der Waals surface area contributed by atoms with Crippen LogP contribution in [-0.2, 0) is 9.53 Å². The Labute approximate surface area is 75.1 Å². The standard InChI is InChI=1S/C8H13F3O2/c1-2-4-7(12)13-6-3-5-8(9,10)11/h2-6H2,1H3. The zero-order valence-corrected chi connectivity index (χ0v) is 7.49. The molecule has 0 aliphatic carbocycles. The lowest BCUT2D eigenvalue weighted by molar-refractivity contribution is -0.150. The van der Waals surface area contributed by atoms with E-state index in [2.05, 4.69) is 4.74 Å². The van der Waals surface area contributed by atoms with Crippen LogP contribution in [0.2, 0.25) is 0 Å². The Morgan fingerprint density at radius 3 is 2.46 bits per heavy atom. The average Bonchev–Trinajstić information content (AvgIpc) is 1.97. The molecule has 13 heavy (non-hydrogen) atoms. The average molecular weight is 198 g/mol. The molecule has 0 rings (SSSR count). The number of alkyl halides is 3. The molecule has 0 amide bonds. The third-order valence-corrected chi connectivity index (χ3v) is 1.32. The number of ether oxygens (including phenoxy) is 1. The van der Waals surface area contributed by atoms with Gasteiger partial charge in [0.15, 0.2) is 0 Å². The number of carbonyl (C=O) groups is 1. The fraction of sp³-hybridized carbons (Fsp3) is 0.875. The number of esters is 1. The number of halogens is 3. The van der Waals surface area contributed by atoms with E-state index in [1.54, 1.807) is 6.92 Å². The Balaban J connectivity index is 3.31. The summed E-state index contributed by atoms with van der Waals surface area (Å²) in [6, 6.07) is 0. The first-order chi connectivity index (χ1) is 5.95. The predicted octanol–water partition coefficient (Wildman–Crippen LogP) is 2.67. The number of carbonyl (C=O) groups excluding carboxylic acids is 1. The summed E-state index contributed by atoms with van der Waals surface area (Å²) < 4.78 is 39.3. The van der Waals surface area contributed by atoms with Crippen LogP contribution in [0.5, 0.6) is 0 Å². The molecule has 0 saturated carbocycles. The predicted molar refractivity (Wildman–Crippen MR) is 41.2 cm³/mol. The van der Waals surface area contributed by atoms with Crippen LogP contribution in [0.1, 0.15) is 32.6 Å². The molecule has 2 nitrogen and oxygen atoms in total. The molecular weight excluding hydrogens is 185 g/mol. The van der Waals surface area contributed by atoms with Gasteiger partial charge >= 0.3 is 12.1 Å². The van der Waals surface area contributed by atoms with Crippen molar-refractivity contribution >= 4 is 5.97 Å². The summed E-state index contributed by atoms with van der Waals surface area (Å²) in [5.41, 5.74) is 0. The van der Waals surface area contributed by atoms with Gasteiger partial charge in [-0.05, 0) is 12.8 Å². The monoisotopic (exact) mass is 198 g/mol. The summed E-state index contributed by atoms with van der Waals surface area (Å²) in [5.74, 6) is -0.426. The Hall–Kier alpha value is -0.740. The molecule has 0 saturated heterocycles. The molecular formula is C8H13F3O2. The minimum atomic E-state index is -4.16. The number of hydrogen-bond donors (Lipinski definition) is 0. The highest BCUT2D eigenvalue weighted by molar-refractivity contribution is 5.69. The van der Waals surface area contributed by atoms with Crippen molar-refractivity contribution in [1.82, 2.24) is 0 Å². The Kier molecular flexibility index (Phi) is 5.50. The van der Waals surface area contributed by atoms with Crippen molar-refractivity contribution in [2.24, 2.45) is 0 Å². The van der Waals surface area contributed by atoms with Crippen molar-refractivity contribution in [3.05, 3.63) is 0 Å². The van der Waals surface area contributed by atoms with Crippen molar-refractivity contribution in [2.75, 3.05) is 6.61 Å². The van der Waals surface area contributed by atoms with Crippen LogP contribution in [0, 0.1) is 0 Å². The van der Waals surface area contributed by atoms with E-state index in [1.165, 1.54) is 0 Å². The van der Waals surface area contributed by atoms with Gasteiger partial charge in [0.1, 0.15) is 0 Å². The second-order valence-corrected chi connectivity index (χ2v) is 2.69. The molecule has 0 fully saturated rings. The molecule has 0 atom stereocenters. The quantitative estimate of drug-likeness (QED) is 0.501. The molecule has 0 spiro atoms. The lowest BCUT2D eigenvalue weighted by Crippen LogP contribution is -2.11. The van der Waals surface area contributed by atoms with Crippen LogP contribution < -0.4 is 0 Å². The molecule has 78 valence electrons. The van der Waals surface area contributed by atoms with Crippen LogP contribution in [-0.4, -0.2) is 18.8 Å². The lowest BCUT2D eigenvalue weighted by atomic mass is 10.3. The van der Waals surface area contributed by atoms with Gasteiger partial charge in [-0.3, -0.25) is 4.79 Å². The molecule has 0 aromatic heterocycles. The van der Waals surface area contributed by atoms with Crippen molar-refractivity contribution < 1.29 is 22.7 Å². The smallest absolute Gasteiger partial charge is 0.389 e. The molecule has 0 aromatic rings. The minimum absolute atomic E-state index is 0.141. The Morgan fingerprint density at radius 2 is 2.00 bits per heavy atom. The highest BCUT2D eigenvalue weighted by atomic mass is 19.4. The molecule has 0 aliphatic heterocycles. The second kappa shape index (κ2) is 5.83. The summed E-state index contributed by atoms with van der Waals surface area (Å²) in [4.78, 5) is 10.7. The molecule has 0 N–H and O–H groups in total. The Morgan fingerprint density at radius 1 is 1.38 bits per heavy atom. The van der Waals surface area contributed by atoms with E-state index in [0.717, 1.165) is 0 Å². The first kappa shape index (κ1) is 12.3. The van der Waals surface area contributed by atoms with E-state index in [1.807, 2.05) is 0 Å². The van der Waals surface area contributed by atoms with Crippen LogP contribution in [0.15, 0.2) is 0 Å². The van der Waals surface area contributed by atoms with Crippen LogP contribution in [0.4, 0.5) is 13.2 Å². The number of hydrogen-bond acceptors (Lipinski definition) is 2. The third-order valence-electron chi connectivity index (χ3n) is 1.32. The van der Waals surface area contributed by atoms with Crippen LogP contribution in [0.3, 0.4) is 0 Å². The summed E-state index contributed by atoms with van der Waals surface area (Å²) in [7, 11) is 0. The van der Waals surface area contributed by atoms with Gasteiger partial charge in [0.25, 0.3) is 0 Å². The van der Waals surface area contributed by atoms with Crippen molar-refractivity contribution in [3.63, 3.8) is 0 Å². The van der Waals surface area contributed by atoms with Gasteiger partial charge in [-0.25, -0.2) is 0 Å². The first-order valence-corrected chi connectivity index (χ1v) is 4.18. The summed E-state index contributed by atoms with van der Waals surface area (Å²) in [5, 5.41) is 0. The van der Waals surface area contributed by atoms with E-state index < -0.39 is 18.6 Å². The van der Waals surface area contributed by atoms with Crippen LogP contribution in [0.25, 0.3) is 0 Å². The molecule has 0 unspecified atom stereocenters. The van der Waals surface area contributed by atoms with Gasteiger partial charge in [0, 0.05) is 12.8 Å². The van der Waals surface area contributed by atoms with Crippen LogP contribution >= 0.6 is 0 Å². The van der Waals surface area contributed by atoms with E-state index >= 15 is 0 Å². The van der Waals surface area contributed by atoms with E-state index in [-0.39, 0.29) is 19.4 Å². The van der Waals surface area contributed by atoms with Gasteiger partial charge in [-0.1, -0.05) is 6.92 Å². The van der Waals surface area contributed by atoms with E-state index in [9.17, 15) is 18.0 Å². The minimum Gasteiger partial charge on any atom is -0.466 e. The van der Waals surface area contributed by atoms with Gasteiger partial charge in [-0.15, -0.1) is 0 Å². The van der Waals surface area contributed by atoms with Gasteiger partial charge < -0.3 is 4.74 Å². The topological polar surface area (TPSA) is 26.3 Å².